The van der Waals surface area contributed by atoms with Gasteiger partial charge in [0.05, 0.1) is 31.4 Å². The van der Waals surface area contributed by atoms with E-state index in [-0.39, 0.29) is 30.9 Å². The van der Waals surface area contributed by atoms with E-state index in [2.05, 4.69) is 16.8 Å². The lowest BCUT2D eigenvalue weighted by Crippen LogP contribution is -2.50. The van der Waals surface area contributed by atoms with E-state index in [1.165, 1.54) is 6.20 Å². The number of hydrogen-bond acceptors (Lipinski definition) is 5. The minimum absolute atomic E-state index is 0.157. The van der Waals surface area contributed by atoms with E-state index in [0.717, 1.165) is 0 Å². The zero-order valence-corrected chi connectivity index (χ0v) is 11.0. The van der Waals surface area contributed by atoms with Gasteiger partial charge in [-0.1, -0.05) is 11.8 Å². The molecule has 1 aromatic heterocycles. The number of pyridine rings is 1. The normalized spacial score (nSPS) is 18.3. The maximum Gasteiger partial charge on any atom is 0.274 e. The standard InChI is InChI=1S/C14H16N2O4/c17-7-2-4-11-3-1-5-15-13(11)14(19)16-6-8-20-10-12(16)9-18/h1,3,5,12,17-18H,6-10H2. The van der Waals surface area contributed by atoms with Crippen LogP contribution in [0.4, 0.5) is 0 Å². The Kier molecular flexibility index (Phi) is 5.07. The van der Waals surface area contributed by atoms with Gasteiger partial charge in [0, 0.05) is 12.7 Å². The number of aliphatic hydroxyl groups is 2. The molecule has 2 N–H and O–H groups in total. The van der Waals surface area contributed by atoms with Gasteiger partial charge in [-0.3, -0.25) is 4.79 Å². The first-order valence-electron chi connectivity index (χ1n) is 6.32. The molecule has 0 aliphatic carbocycles. The van der Waals surface area contributed by atoms with E-state index in [0.29, 0.717) is 25.3 Å². The molecule has 1 unspecified atom stereocenters. The van der Waals surface area contributed by atoms with Crippen LogP contribution in [0.25, 0.3) is 0 Å². The Labute approximate surface area is 117 Å². The van der Waals surface area contributed by atoms with Crippen molar-refractivity contribution in [3.05, 3.63) is 29.6 Å². The van der Waals surface area contributed by atoms with Crippen LogP contribution >= 0.6 is 0 Å². The van der Waals surface area contributed by atoms with Gasteiger partial charge in [-0.15, -0.1) is 0 Å². The maximum atomic E-state index is 12.5. The van der Waals surface area contributed by atoms with E-state index in [4.69, 9.17) is 9.84 Å². The number of aromatic nitrogens is 1. The van der Waals surface area contributed by atoms with Gasteiger partial charge in [-0.2, -0.15) is 0 Å². The Balaban J connectivity index is 2.28. The first-order valence-corrected chi connectivity index (χ1v) is 6.32. The molecule has 6 nitrogen and oxygen atoms in total. The van der Waals surface area contributed by atoms with Crippen LogP contribution in [0.5, 0.6) is 0 Å². The Bertz CT molecular complexity index is 535. The molecule has 0 bridgehead atoms. The summed E-state index contributed by atoms with van der Waals surface area (Å²) in [6.07, 6.45) is 1.52. The summed E-state index contributed by atoms with van der Waals surface area (Å²) >= 11 is 0. The average Bonchev–Trinajstić information content (AvgIpc) is 2.52. The van der Waals surface area contributed by atoms with Crippen molar-refractivity contribution in [3.8, 4) is 11.8 Å². The quantitative estimate of drug-likeness (QED) is 0.695. The van der Waals surface area contributed by atoms with Crippen molar-refractivity contribution in [1.29, 1.82) is 0 Å². The highest BCUT2D eigenvalue weighted by atomic mass is 16.5. The minimum atomic E-state index is -0.364. The molecule has 0 spiro atoms. The summed E-state index contributed by atoms with van der Waals surface area (Å²) in [5.74, 6) is 4.94. The molecule has 1 aliphatic rings. The number of rotatable bonds is 2. The fourth-order valence-electron chi connectivity index (χ4n) is 2.02. The molecule has 106 valence electrons. The third kappa shape index (κ3) is 3.14. The van der Waals surface area contributed by atoms with Crippen molar-refractivity contribution in [3.63, 3.8) is 0 Å². The van der Waals surface area contributed by atoms with Gasteiger partial charge in [0.2, 0.25) is 0 Å². The SMILES string of the molecule is O=C(c1ncccc1C#CCO)N1CCOCC1CO. The fraction of sp³-hybridized carbons (Fsp3) is 0.429. The van der Waals surface area contributed by atoms with Gasteiger partial charge in [-0.25, -0.2) is 4.98 Å². The molecule has 1 aromatic rings. The molecule has 1 aliphatic heterocycles. The summed E-state index contributed by atoms with van der Waals surface area (Å²) in [7, 11) is 0. The zero-order chi connectivity index (χ0) is 14.4. The van der Waals surface area contributed by atoms with Crippen LogP contribution in [-0.4, -0.2) is 65.0 Å². The summed E-state index contributed by atoms with van der Waals surface area (Å²) in [5, 5.41) is 18.1. The molecular weight excluding hydrogens is 260 g/mol. The van der Waals surface area contributed by atoms with Crippen LogP contribution in [0.3, 0.4) is 0 Å². The molecule has 0 aromatic carbocycles. The minimum Gasteiger partial charge on any atom is -0.394 e. The van der Waals surface area contributed by atoms with Crippen LogP contribution in [0, 0.1) is 11.8 Å². The zero-order valence-electron chi connectivity index (χ0n) is 11.0. The maximum absolute atomic E-state index is 12.5. The van der Waals surface area contributed by atoms with Crippen LogP contribution < -0.4 is 0 Å². The molecule has 0 saturated carbocycles. The summed E-state index contributed by atoms with van der Waals surface area (Å²) in [6, 6.07) is 3.00. The van der Waals surface area contributed by atoms with Crippen molar-refractivity contribution in [1.82, 2.24) is 9.88 Å². The van der Waals surface area contributed by atoms with Gasteiger partial charge in [0.25, 0.3) is 5.91 Å². The summed E-state index contributed by atoms with van der Waals surface area (Å²) < 4.78 is 5.25. The Hall–Kier alpha value is -1.94. The third-order valence-electron chi connectivity index (χ3n) is 3.01. The van der Waals surface area contributed by atoms with E-state index in [1.54, 1.807) is 17.0 Å². The van der Waals surface area contributed by atoms with Gasteiger partial charge in [0.1, 0.15) is 12.3 Å². The highest BCUT2D eigenvalue weighted by Crippen LogP contribution is 2.13. The highest BCUT2D eigenvalue weighted by molar-refractivity contribution is 5.95. The number of amides is 1. The average molecular weight is 276 g/mol. The van der Waals surface area contributed by atoms with Gasteiger partial charge < -0.3 is 19.8 Å². The predicted molar refractivity (Wildman–Crippen MR) is 70.9 cm³/mol. The second kappa shape index (κ2) is 7.01. The number of morpholine rings is 1. The van der Waals surface area contributed by atoms with E-state index in [1.807, 2.05) is 0 Å². The fourth-order valence-corrected chi connectivity index (χ4v) is 2.02. The summed E-state index contributed by atoms with van der Waals surface area (Å²) in [4.78, 5) is 18.1. The lowest BCUT2D eigenvalue weighted by atomic mass is 10.1. The van der Waals surface area contributed by atoms with Crippen molar-refractivity contribution in [2.45, 2.75) is 6.04 Å². The first-order chi connectivity index (χ1) is 9.77. The third-order valence-corrected chi connectivity index (χ3v) is 3.01. The molecule has 1 fully saturated rings. The molecule has 1 saturated heterocycles. The number of nitrogens with zero attached hydrogens (tertiary/aromatic N) is 2. The lowest BCUT2D eigenvalue weighted by molar-refractivity contribution is -0.0186. The highest BCUT2D eigenvalue weighted by Gasteiger charge is 2.29. The van der Waals surface area contributed by atoms with Crippen molar-refractivity contribution >= 4 is 5.91 Å². The second-order valence-electron chi connectivity index (χ2n) is 4.27. The number of hydrogen-bond donors (Lipinski definition) is 2. The predicted octanol–water partition coefficient (Wildman–Crippen LogP) is -0.741. The van der Waals surface area contributed by atoms with Gasteiger partial charge in [0.15, 0.2) is 0 Å². The molecular formula is C14H16N2O4. The number of carbonyl (C=O) groups excluding carboxylic acids is 1. The molecule has 6 heteroatoms. The lowest BCUT2D eigenvalue weighted by Gasteiger charge is -2.34. The molecule has 2 heterocycles. The number of aliphatic hydroxyl groups excluding tert-OH is 2. The van der Waals surface area contributed by atoms with Crippen molar-refractivity contribution in [2.24, 2.45) is 0 Å². The largest absolute Gasteiger partial charge is 0.394 e. The first kappa shape index (κ1) is 14.5. The van der Waals surface area contributed by atoms with E-state index >= 15 is 0 Å². The topological polar surface area (TPSA) is 82.9 Å². The van der Waals surface area contributed by atoms with Crippen LogP contribution in [0.15, 0.2) is 18.3 Å². The van der Waals surface area contributed by atoms with Crippen molar-refractivity contribution in [2.75, 3.05) is 33.0 Å². The number of carbonyl (C=O) groups is 1. The van der Waals surface area contributed by atoms with Crippen LogP contribution in [-0.2, 0) is 4.74 Å². The molecule has 1 amide bonds. The van der Waals surface area contributed by atoms with E-state index in [9.17, 15) is 9.90 Å². The van der Waals surface area contributed by atoms with Gasteiger partial charge >= 0.3 is 0 Å². The monoisotopic (exact) mass is 276 g/mol. The van der Waals surface area contributed by atoms with Crippen LogP contribution in [0.2, 0.25) is 0 Å². The van der Waals surface area contributed by atoms with Crippen molar-refractivity contribution < 1.29 is 19.7 Å². The summed E-state index contributed by atoms with van der Waals surface area (Å²) in [6.45, 7) is 0.725. The Morgan fingerprint density at radius 1 is 1.55 bits per heavy atom. The number of ether oxygens (including phenoxy) is 1. The molecule has 20 heavy (non-hydrogen) atoms. The Morgan fingerprint density at radius 2 is 2.40 bits per heavy atom. The molecule has 1 atom stereocenters. The Morgan fingerprint density at radius 3 is 3.15 bits per heavy atom. The molecule has 2 rings (SSSR count). The summed E-state index contributed by atoms with van der Waals surface area (Å²) in [5.41, 5.74) is 0.698. The van der Waals surface area contributed by atoms with E-state index < -0.39 is 0 Å². The van der Waals surface area contributed by atoms with Crippen LogP contribution in [0.1, 0.15) is 16.1 Å². The second-order valence-corrected chi connectivity index (χ2v) is 4.27. The van der Waals surface area contributed by atoms with Gasteiger partial charge in [-0.05, 0) is 12.1 Å². The smallest absolute Gasteiger partial charge is 0.274 e. The molecule has 0 radical (unpaired) electrons.